The summed E-state index contributed by atoms with van der Waals surface area (Å²) in [5.41, 5.74) is 1.97. The second kappa shape index (κ2) is 6.31. The first-order chi connectivity index (χ1) is 11.3. The summed E-state index contributed by atoms with van der Waals surface area (Å²) in [7, 11) is 0. The molecule has 7 heteroatoms. The smallest absolute Gasteiger partial charge is 0.137 e. The molecule has 0 unspecified atom stereocenters. The number of rotatable bonds is 4. The van der Waals surface area contributed by atoms with Gasteiger partial charge in [0.2, 0.25) is 0 Å². The summed E-state index contributed by atoms with van der Waals surface area (Å²) in [5.74, 6) is 0. The van der Waals surface area contributed by atoms with Crippen molar-refractivity contribution < 1.29 is 4.74 Å². The predicted molar refractivity (Wildman–Crippen MR) is 87.4 cm³/mol. The molecule has 0 N–H and O–H groups in total. The molecule has 0 amide bonds. The molecule has 23 heavy (non-hydrogen) atoms. The first-order valence-corrected chi connectivity index (χ1v) is 8.08. The SMILES string of the molecule is Clc1ccc2nc(CN3CCO[C@@H](Cn4cccn4)C3)cn2c1. The predicted octanol–water partition coefficient (Wildman–Crippen LogP) is 2.09. The lowest BCUT2D eigenvalue weighted by atomic mass is 10.2. The first-order valence-electron chi connectivity index (χ1n) is 7.71. The van der Waals surface area contributed by atoms with E-state index < -0.39 is 0 Å². The van der Waals surface area contributed by atoms with Crippen molar-refractivity contribution in [1.29, 1.82) is 0 Å². The third-order valence-corrected chi connectivity index (χ3v) is 4.25. The van der Waals surface area contributed by atoms with E-state index in [4.69, 9.17) is 16.3 Å². The Morgan fingerprint density at radius 3 is 3.13 bits per heavy atom. The van der Waals surface area contributed by atoms with Gasteiger partial charge in [0.25, 0.3) is 0 Å². The van der Waals surface area contributed by atoms with Crippen LogP contribution in [0.25, 0.3) is 5.65 Å². The third-order valence-electron chi connectivity index (χ3n) is 4.02. The lowest BCUT2D eigenvalue weighted by molar-refractivity contribution is -0.0405. The highest BCUT2D eigenvalue weighted by molar-refractivity contribution is 6.30. The lowest BCUT2D eigenvalue weighted by Gasteiger charge is -2.32. The Labute approximate surface area is 139 Å². The van der Waals surface area contributed by atoms with Gasteiger partial charge in [0.05, 0.1) is 30.0 Å². The topological polar surface area (TPSA) is 47.6 Å². The highest BCUT2D eigenvalue weighted by atomic mass is 35.5. The number of hydrogen-bond donors (Lipinski definition) is 0. The molecule has 1 aliphatic rings. The van der Waals surface area contributed by atoms with E-state index in [0.29, 0.717) is 5.02 Å². The molecule has 0 aliphatic carbocycles. The zero-order valence-electron chi connectivity index (χ0n) is 12.7. The van der Waals surface area contributed by atoms with Crippen molar-refractivity contribution in [3.63, 3.8) is 0 Å². The fraction of sp³-hybridized carbons (Fsp3) is 0.375. The Kier molecular flexibility index (Phi) is 4.03. The van der Waals surface area contributed by atoms with Crippen molar-refractivity contribution in [2.75, 3.05) is 19.7 Å². The molecule has 0 spiro atoms. The van der Waals surface area contributed by atoms with Gasteiger partial charge in [-0.2, -0.15) is 5.10 Å². The maximum Gasteiger partial charge on any atom is 0.137 e. The molecule has 1 fully saturated rings. The number of morpholine rings is 1. The van der Waals surface area contributed by atoms with Crippen LogP contribution in [0.1, 0.15) is 5.69 Å². The molecular weight excluding hydrogens is 314 g/mol. The van der Waals surface area contributed by atoms with Gasteiger partial charge in [0.1, 0.15) is 5.65 Å². The number of hydrogen-bond acceptors (Lipinski definition) is 4. The van der Waals surface area contributed by atoms with Crippen molar-refractivity contribution in [2.24, 2.45) is 0 Å². The van der Waals surface area contributed by atoms with Gasteiger partial charge in [0, 0.05) is 44.4 Å². The Hall–Kier alpha value is -1.89. The van der Waals surface area contributed by atoms with E-state index in [0.717, 1.165) is 44.1 Å². The van der Waals surface area contributed by atoms with E-state index in [-0.39, 0.29) is 6.10 Å². The molecule has 4 heterocycles. The molecule has 0 saturated carbocycles. The molecule has 1 atom stereocenters. The van der Waals surface area contributed by atoms with Gasteiger partial charge in [-0.15, -0.1) is 0 Å². The molecule has 3 aromatic heterocycles. The van der Waals surface area contributed by atoms with E-state index in [1.165, 1.54) is 0 Å². The minimum Gasteiger partial charge on any atom is -0.374 e. The molecule has 0 radical (unpaired) electrons. The minimum absolute atomic E-state index is 0.162. The Morgan fingerprint density at radius 1 is 1.30 bits per heavy atom. The van der Waals surface area contributed by atoms with Gasteiger partial charge in [-0.25, -0.2) is 4.98 Å². The Balaban J connectivity index is 1.42. The van der Waals surface area contributed by atoms with Crippen LogP contribution in [0.3, 0.4) is 0 Å². The van der Waals surface area contributed by atoms with Crippen LogP contribution in [-0.4, -0.2) is 49.9 Å². The van der Waals surface area contributed by atoms with Crippen molar-refractivity contribution in [3.8, 4) is 0 Å². The fourth-order valence-electron chi connectivity index (χ4n) is 2.97. The number of ether oxygens (including phenoxy) is 1. The van der Waals surface area contributed by atoms with Crippen LogP contribution in [0.5, 0.6) is 0 Å². The van der Waals surface area contributed by atoms with Gasteiger partial charge in [-0.05, 0) is 18.2 Å². The summed E-state index contributed by atoms with van der Waals surface area (Å²) >= 11 is 6.02. The molecular formula is C16H18ClN5O. The number of halogens is 1. The van der Waals surface area contributed by atoms with Gasteiger partial charge < -0.3 is 9.14 Å². The number of imidazole rings is 1. The standard InChI is InChI=1S/C16H18ClN5O/c17-13-2-3-16-19-14(10-21(16)8-13)9-20-6-7-23-15(11-20)12-22-5-1-4-18-22/h1-5,8,10,15H,6-7,9,11-12H2/t15-/m1/s1. The van der Waals surface area contributed by atoms with Crippen LogP contribution < -0.4 is 0 Å². The molecule has 0 aromatic carbocycles. The molecule has 6 nitrogen and oxygen atoms in total. The second-order valence-corrected chi connectivity index (χ2v) is 6.24. The van der Waals surface area contributed by atoms with Crippen LogP contribution in [0.4, 0.5) is 0 Å². The lowest BCUT2D eigenvalue weighted by Crippen LogP contribution is -2.43. The van der Waals surface area contributed by atoms with Crippen molar-refractivity contribution in [2.45, 2.75) is 19.2 Å². The van der Waals surface area contributed by atoms with E-state index in [1.54, 1.807) is 6.20 Å². The summed E-state index contributed by atoms with van der Waals surface area (Å²) in [6.45, 7) is 4.15. The average Bonchev–Trinajstić information content (AvgIpc) is 3.16. The van der Waals surface area contributed by atoms with Gasteiger partial charge in [-0.3, -0.25) is 9.58 Å². The zero-order chi connectivity index (χ0) is 15.6. The summed E-state index contributed by atoms with van der Waals surface area (Å²) in [6.07, 6.45) is 7.85. The highest BCUT2D eigenvalue weighted by Gasteiger charge is 2.21. The number of fused-ring (bicyclic) bond motifs is 1. The quantitative estimate of drug-likeness (QED) is 0.734. The highest BCUT2D eigenvalue weighted by Crippen LogP contribution is 2.15. The van der Waals surface area contributed by atoms with Gasteiger partial charge in [-0.1, -0.05) is 11.6 Å². The molecule has 1 saturated heterocycles. The summed E-state index contributed by atoms with van der Waals surface area (Å²) < 4.78 is 9.74. The van der Waals surface area contributed by atoms with E-state index >= 15 is 0 Å². The van der Waals surface area contributed by atoms with Gasteiger partial charge >= 0.3 is 0 Å². The van der Waals surface area contributed by atoms with Crippen LogP contribution in [-0.2, 0) is 17.8 Å². The summed E-state index contributed by atoms with van der Waals surface area (Å²) in [4.78, 5) is 7.03. The number of aromatic nitrogens is 4. The normalized spacial score (nSPS) is 19.4. The molecule has 0 bridgehead atoms. The largest absolute Gasteiger partial charge is 0.374 e. The maximum absolute atomic E-state index is 6.02. The third kappa shape index (κ3) is 3.39. The van der Waals surface area contributed by atoms with Crippen LogP contribution in [0.15, 0.2) is 43.0 Å². The van der Waals surface area contributed by atoms with E-state index in [2.05, 4.69) is 15.0 Å². The number of pyridine rings is 1. The Morgan fingerprint density at radius 2 is 2.26 bits per heavy atom. The van der Waals surface area contributed by atoms with E-state index in [1.807, 2.05) is 45.9 Å². The monoisotopic (exact) mass is 331 g/mol. The summed E-state index contributed by atoms with van der Waals surface area (Å²) in [6, 6.07) is 5.73. The average molecular weight is 332 g/mol. The molecule has 120 valence electrons. The molecule has 1 aliphatic heterocycles. The molecule has 3 aromatic rings. The van der Waals surface area contributed by atoms with Crippen LogP contribution in [0.2, 0.25) is 5.02 Å². The van der Waals surface area contributed by atoms with Crippen LogP contribution >= 0.6 is 11.6 Å². The van der Waals surface area contributed by atoms with E-state index in [9.17, 15) is 0 Å². The first kappa shape index (κ1) is 14.7. The zero-order valence-corrected chi connectivity index (χ0v) is 13.4. The summed E-state index contributed by atoms with van der Waals surface area (Å²) in [5, 5.41) is 4.96. The van der Waals surface area contributed by atoms with Gasteiger partial charge in [0.15, 0.2) is 0 Å². The fourth-order valence-corrected chi connectivity index (χ4v) is 3.14. The minimum atomic E-state index is 0.162. The van der Waals surface area contributed by atoms with Crippen LogP contribution in [0, 0.1) is 0 Å². The van der Waals surface area contributed by atoms with Crippen molar-refractivity contribution >= 4 is 17.2 Å². The Bertz CT molecular complexity index is 785. The maximum atomic E-state index is 6.02. The second-order valence-electron chi connectivity index (χ2n) is 5.80. The molecule has 4 rings (SSSR count). The number of nitrogens with zero attached hydrogens (tertiary/aromatic N) is 5. The van der Waals surface area contributed by atoms with Crippen molar-refractivity contribution in [3.05, 3.63) is 53.7 Å². The van der Waals surface area contributed by atoms with Crippen molar-refractivity contribution in [1.82, 2.24) is 24.1 Å².